The van der Waals surface area contributed by atoms with E-state index in [-0.39, 0.29) is 28.8 Å². The number of esters is 1. The zero-order valence-corrected chi connectivity index (χ0v) is 19.6. The highest BCUT2D eigenvalue weighted by atomic mass is 35.5. The van der Waals surface area contributed by atoms with E-state index in [2.05, 4.69) is 10.4 Å². The van der Waals surface area contributed by atoms with Crippen LogP contribution in [-0.4, -0.2) is 34.4 Å². The maximum atomic E-state index is 12.7. The van der Waals surface area contributed by atoms with Crippen molar-refractivity contribution < 1.29 is 19.1 Å². The molecule has 1 aromatic heterocycles. The minimum atomic E-state index is -1.02. The standard InChI is InChI=1S/C23H21Cl2N3O5/c1-4-32-23(31)21-18(12-20(29)28(27-21)16-8-5-13(2)6-9-16)26-22(30)14(3)33-19-10-7-15(24)11-17(19)25/h5-12,14H,4H2,1-3H3,(H,26,30). The molecular weight excluding hydrogens is 469 g/mol. The van der Waals surface area contributed by atoms with E-state index >= 15 is 0 Å². The third-order valence-electron chi connectivity index (χ3n) is 4.50. The highest BCUT2D eigenvalue weighted by molar-refractivity contribution is 6.35. The SMILES string of the molecule is CCOC(=O)c1nn(-c2ccc(C)cc2)c(=O)cc1NC(=O)C(C)Oc1ccc(Cl)cc1Cl. The Morgan fingerprint density at radius 3 is 2.45 bits per heavy atom. The maximum Gasteiger partial charge on any atom is 0.360 e. The molecule has 8 nitrogen and oxygen atoms in total. The van der Waals surface area contributed by atoms with Crippen LogP contribution in [0.15, 0.2) is 53.3 Å². The normalized spacial score (nSPS) is 11.5. The van der Waals surface area contributed by atoms with E-state index in [1.165, 1.54) is 19.1 Å². The fraction of sp³-hybridized carbons (Fsp3) is 0.217. The van der Waals surface area contributed by atoms with Crippen LogP contribution >= 0.6 is 23.2 Å². The molecule has 10 heteroatoms. The fourth-order valence-corrected chi connectivity index (χ4v) is 3.27. The number of halogens is 2. The summed E-state index contributed by atoms with van der Waals surface area (Å²) >= 11 is 12.0. The van der Waals surface area contributed by atoms with Gasteiger partial charge in [0.05, 0.1) is 23.0 Å². The number of amides is 1. The highest BCUT2D eigenvalue weighted by Gasteiger charge is 2.23. The number of aryl methyl sites for hydroxylation is 1. The Kier molecular flexibility index (Phi) is 7.73. The van der Waals surface area contributed by atoms with Gasteiger partial charge in [-0.2, -0.15) is 9.78 Å². The number of ether oxygens (including phenoxy) is 2. The Morgan fingerprint density at radius 2 is 1.82 bits per heavy atom. The number of nitrogens with zero attached hydrogens (tertiary/aromatic N) is 2. The van der Waals surface area contributed by atoms with Gasteiger partial charge < -0.3 is 14.8 Å². The first kappa shape index (κ1) is 24.3. The van der Waals surface area contributed by atoms with Gasteiger partial charge in [-0.1, -0.05) is 40.9 Å². The molecule has 2 aromatic carbocycles. The van der Waals surface area contributed by atoms with Crippen molar-refractivity contribution in [3.63, 3.8) is 0 Å². The van der Waals surface area contributed by atoms with E-state index < -0.39 is 23.5 Å². The molecule has 3 rings (SSSR count). The van der Waals surface area contributed by atoms with Crippen LogP contribution in [0.2, 0.25) is 10.0 Å². The van der Waals surface area contributed by atoms with E-state index in [0.29, 0.717) is 10.7 Å². The molecule has 1 N–H and O–H groups in total. The lowest BCUT2D eigenvalue weighted by Gasteiger charge is -2.17. The van der Waals surface area contributed by atoms with Crippen LogP contribution in [0.3, 0.4) is 0 Å². The van der Waals surface area contributed by atoms with E-state index in [0.717, 1.165) is 16.3 Å². The summed E-state index contributed by atoms with van der Waals surface area (Å²) in [6.07, 6.45) is -1.02. The predicted octanol–water partition coefficient (Wildman–Crippen LogP) is 4.43. The fourth-order valence-electron chi connectivity index (χ4n) is 2.82. The van der Waals surface area contributed by atoms with E-state index in [1.807, 2.05) is 19.1 Å². The molecule has 0 saturated carbocycles. The highest BCUT2D eigenvalue weighted by Crippen LogP contribution is 2.28. The average molecular weight is 490 g/mol. The smallest absolute Gasteiger partial charge is 0.360 e. The predicted molar refractivity (Wildman–Crippen MR) is 126 cm³/mol. The van der Waals surface area contributed by atoms with E-state index in [1.54, 1.807) is 25.1 Å². The topological polar surface area (TPSA) is 99.5 Å². The number of hydrogen-bond donors (Lipinski definition) is 1. The third kappa shape index (κ3) is 5.91. The van der Waals surface area contributed by atoms with Gasteiger partial charge in [0.25, 0.3) is 11.5 Å². The Bertz CT molecular complexity index is 1240. The van der Waals surface area contributed by atoms with Crippen molar-refractivity contribution in [3.05, 3.63) is 80.2 Å². The quantitative estimate of drug-likeness (QED) is 0.492. The Labute approximate surface area is 200 Å². The number of carbonyl (C=O) groups is 2. The summed E-state index contributed by atoms with van der Waals surface area (Å²) < 4.78 is 11.7. The van der Waals surface area contributed by atoms with Crippen LogP contribution in [-0.2, 0) is 9.53 Å². The van der Waals surface area contributed by atoms with Crippen molar-refractivity contribution in [1.82, 2.24) is 9.78 Å². The van der Waals surface area contributed by atoms with Gasteiger partial charge in [-0.15, -0.1) is 0 Å². The molecule has 0 saturated heterocycles. The molecule has 172 valence electrons. The van der Waals surface area contributed by atoms with Crippen LogP contribution in [0.25, 0.3) is 5.69 Å². The van der Waals surface area contributed by atoms with Gasteiger partial charge in [0, 0.05) is 11.1 Å². The molecular formula is C23H21Cl2N3O5. The minimum absolute atomic E-state index is 0.0894. The van der Waals surface area contributed by atoms with Gasteiger partial charge in [0.15, 0.2) is 11.8 Å². The monoisotopic (exact) mass is 489 g/mol. The second kappa shape index (κ2) is 10.5. The second-order valence-corrected chi connectivity index (χ2v) is 7.88. The van der Waals surface area contributed by atoms with Crippen LogP contribution in [0, 0.1) is 6.92 Å². The van der Waals surface area contributed by atoms with Gasteiger partial charge in [0.1, 0.15) is 5.75 Å². The molecule has 0 fully saturated rings. The Balaban J connectivity index is 1.91. The van der Waals surface area contributed by atoms with Crippen LogP contribution in [0.4, 0.5) is 5.69 Å². The first-order chi connectivity index (χ1) is 15.7. The van der Waals surface area contributed by atoms with Crippen molar-refractivity contribution in [1.29, 1.82) is 0 Å². The lowest BCUT2D eigenvalue weighted by atomic mass is 10.2. The third-order valence-corrected chi connectivity index (χ3v) is 5.03. The molecule has 0 spiro atoms. The molecule has 1 unspecified atom stereocenters. The van der Waals surface area contributed by atoms with E-state index in [9.17, 15) is 14.4 Å². The summed E-state index contributed by atoms with van der Waals surface area (Å²) in [5, 5.41) is 7.32. The molecule has 0 aliphatic carbocycles. The first-order valence-electron chi connectivity index (χ1n) is 10.0. The van der Waals surface area contributed by atoms with Crippen molar-refractivity contribution in [2.45, 2.75) is 26.9 Å². The van der Waals surface area contributed by atoms with Gasteiger partial charge in [-0.05, 0) is 51.1 Å². The van der Waals surface area contributed by atoms with Crippen molar-refractivity contribution in [2.24, 2.45) is 0 Å². The Morgan fingerprint density at radius 1 is 1.12 bits per heavy atom. The average Bonchev–Trinajstić information content (AvgIpc) is 2.76. The molecule has 33 heavy (non-hydrogen) atoms. The van der Waals surface area contributed by atoms with Crippen LogP contribution in [0.5, 0.6) is 5.75 Å². The first-order valence-corrected chi connectivity index (χ1v) is 10.8. The number of aromatic nitrogens is 2. The number of nitrogens with one attached hydrogen (secondary N) is 1. The molecule has 3 aromatic rings. The van der Waals surface area contributed by atoms with E-state index in [4.69, 9.17) is 32.7 Å². The summed E-state index contributed by atoms with van der Waals surface area (Å²) in [5.41, 5.74) is 0.599. The summed E-state index contributed by atoms with van der Waals surface area (Å²) in [5.74, 6) is -1.16. The number of anilines is 1. The van der Waals surface area contributed by atoms with Gasteiger partial charge >= 0.3 is 5.97 Å². The molecule has 0 aliphatic heterocycles. The minimum Gasteiger partial charge on any atom is -0.479 e. The summed E-state index contributed by atoms with van der Waals surface area (Å²) in [6.45, 7) is 5.12. The molecule has 1 atom stereocenters. The zero-order valence-electron chi connectivity index (χ0n) is 18.1. The largest absolute Gasteiger partial charge is 0.479 e. The lowest BCUT2D eigenvalue weighted by molar-refractivity contribution is -0.122. The van der Waals surface area contributed by atoms with Gasteiger partial charge in [-0.25, -0.2) is 4.79 Å². The number of carbonyl (C=O) groups excluding carboxylic acids is 2. The van der Waals surface area contributed by atoms with Crippen molar-refractivity contribution in [3.8, 4) is 11.4 Å². The summed E-state index contributed by atoms with van der Waals surface area (Å²) in [7, 11) is 0. The number of rotatable bonds is 7. The van der Waals surface area contributed by atoms with Crippen LogP contribution < -0.4 is 15.6 Å². The second-order valence-electron chi connectivity index (χ2n) is 7.04. The van der Waals surface area contributed by atoms with Gasteiger partial charge in [0.2, 0.25) is 0 Å². The van der Waals surface area contributed by atoms with Gasteiger partial charge in [-0.3, -0.25) is 9.59 Å². The molecule has 0 radical (unpaired) electrons. The molecule has 0 aliphatic rings. The summed E-state index contributed by atoms with van der Waals surface area (Å²) in [4.78, 5) is 38.0. The Hall–Kier alpha value is -3.36. The van der Waals surface area contributed by atoms with Crippen molar-refractivity contribution >= 4 is 40.8 Å². The van der Waals surface area contributed by atoms with Crippen molar-refractivity contribution in [2.75, 3.05) is 11.9 Å². The van der Waals surface area contributed by atoms with Crippen LogP contribution in [0.1, 0.15) is 29.9 Å². The summed E-state index contributed by atoms with van der Waals surface area (Å²) in [6, 6.07) is 12.7. The molecule has 1 heterocycles. The number of hydrogen-bond acceptors (Lipinski definition) is 6. The molecule has 1 amide bonds. The number of benzene rings is 2. The zero-order chi connectivity index (χ0) is 24.1. The molecule has 0 bridgehead atoms. The maximum absolute atomic E-state index is 12.7. The lowest BCUT2D eigenvalue weighted by Crippen LogP contribution is -2.33.